The summed E-state index contributed by atoms with van der Waals surface area (Å²) in [5, 5.41) is 13.0. The Hall–Kier alpha value is -2.70. The Kier molecular flexibility index (Phi) is 4.65. The fraction of sp³-hybridized carbons (Fsp3) is 0.286. The Bertz CT molecular complexity index is 633. The van der Waals surface area contributed by atoms with E-state index in [-0.39, 0.29) is 17.5 Å². The lowest BCUT2D eigenvalue weighted by molar-refractivity contribution is -0.118. The maximum absolute atomic E-state index is 11.8. The van der Waals surface area contributed by atoms with Crippen LogP contribution in [-0.4, -0.2) is 39.9 Å². The maximum atomic E-state index is 11.8. The number of carbonyl (C=O) groups excluding carboxylic acids is 2. The van der Waals surface area contributed by atoms with Crippen LogP contribution in [0.4, 0.5) is 0 Å². The van der Waals surface area contributed by atoms with Crippen molar-refractivity contribution in [3.8, 4) is 5.69 Å². The van der Waals surface area contributed by atoms with Gasteiger partial charge in [-0.1, -0.05) is 22.9 Å². The molecule has 0 unspecified atom stereocenters. The van der Waals surface area contributed by atoms with E-state index in [1.807, 2.05) is 31.2 Å². The first-order chi connectivity index (χ1) is 10.1. The summed E-state index contributed by atoms with van der Waals surface area (Å²) in [6.45, 7) is 4.15. The van der Waals surface area contributed by atoms with Crippen LogP contribution in [0.25, 0.3) is 5.69 Å². The summed E-state index contributed by atoms with van der Waals surface area (Å²) in [7, 11) is 0. The van der Waals surface area contributed by atoms with Crippen LogP contribution >= 0.6 is 0 Å². The summed E-state index contributed by atoms with van der Waals surface area (Å²) in [6, 6.07) is 7.74. The van der Waals surface area contributed by atoms with E-state index in [2.05, 4.69) is 20.9 Å². The minimum atomic E-state index is -0.321. The number of nitrogens with one attached hydrogen (secondary N) is 2. The normalized spacial score (nSPS) is 10.2. The maximum Gasteiger partial charge on any atom is 0.273 e. The zero-order valence-electron chi connectivity index (χ0n) is 12.0. The highest BCUT2D eigenvalue weighted by atomic mass is 16.2. The molecule has 0 aliphatic rings. The lowest BCUT2D eigenvalue weighted by atomic mass is 10.2. The Labute approximate surface area is 122 Å². The van der Waals surface area contributed by atoms with Crippen LogP contribution in [0, 0.1) is 6.92 Å². The van der Waals surface area contributed by atoms with Crippen LogP contribution in [-0.2, 0) is 4.79 Å². The van der Waals surface area contributed by atoms with Crippen molar-refractivity contribution in [2.75, 3.05) is 13.1 Å². The van der Waals surface area contributed by atoms with E-state index in [1.54, 1.807) is 10.9 Å². The second-order valence-corrected chi connectivity index (χ2v) is 4.62. The molecule has 2 rings (SSSR count). The zero-order valence-corrected chi connectivity index (χ0v) is 12.0. The molecule has 1 aromatic heterocycles. The molecule has 7 nitrogen and oxygen atoms in total. The Balaban J connectivity index is 1.94. The number of nitrogens with zero attached hydrogens (tertiary/aromatic N) is 3. The monoisotopic (exact) mass is 287 g/mol. The van der Waals surface area contributed by atoms with Crippen molar-refractivity contribution in [3.63, 3.8) is 0 Å². The van der Waals surface area contributed by atoms with Gasteiger partial charge in [0.15, 0.2) is 5.69 Å². The van der Waals surface area contributed by atoms with Crippen LogP contribution in [0.3, 0.4) is 0 Å². The molecule has 2 aromatic rings. The average Bonchev–Trinajstić information content (AvgIpc) is 2.94. The molecule has 0 atom stereocenters. The van der Waals surface area contributed by atoms with Gasteiger partial charge in [-0.2, -0.15) is 0 Å². The van der Waals surface area contributed by atoms with Crippen molar-refractivity contribution < 1.29 is 9.59 Å². The summed E-state index contributed by atoms with van der Waals surface area (Å²) in [5.74, 6) is -0.451. The van der Waals surface area contributed by atoms with Gasteiger partial charge in [-0.05, 0) is 19.1 Å². The third-order valence-corrected chi connectivity index (χ3v) is 2.81. The summed E-state index contributed by atoms with van der Waals surface area (Å²) in [6.07, 6.45) is 1.57. The van der Waals surface area contributed by atoms with Crippen molar-refractivity contribution in [2.24, 2.45) is 0 Å². The molecule has 0 spiro atoms. The van der Waals surface area contributed by atoms with E-state index >= 15 is 0 Å². The number of benzene rings is 1. The van der Waals surface area contributed by atoms with Gasteiger partial charge in [-0.25, -0.2) is 4.68 Å². The standard InChI is InChI=1S/C14H17N5O2/c1-10-3-5-12(6-4-10)19-9-13(17-18-19)14(21)16-8-7-15-11(2)20/h3-6,9H,7-8H2,1-2H3,(H,15,20)(H,16,21). The lowest BCUT2D eigenvalue weighted by Crippen LogP contribution is -2.33. The molecule has 0 fully saturated rings. The molecule has 1 heterocycles. The van der Waals surface area contributed by atoms with E-state index in [0.29, 0.717) is 13.1 Å². The van der Waals surface area contributed by atoms with E-state index in [9.17, 15) is 9.59 Å². The SMILES string of the molecule is CC(=O)NCCNC(=O)c1cn(-c2ccc(C)cc2)nn1. The Morgan fingerprint density at radius 2 is 1.81 bits per heavy atom. The van der Waals surface area contributed by atoms with Crippen LogP contribution < -0.4 is 10.6 Å². The number of aryl methyl sites for hydroxylation is 1. The van der Waals surface area contributed by atoms with Crippen molar-refractivity contribution in [2.45, 2.75) is 13.8 Å². The summed E-state index contributed by atoms with van der Waals surface area (Å²) >= 11 is 0. The van der Waals surface area contributed by atoms with Gasteiger partial charge < -0.3 is 10.6 Å². The topological polar surface area (TPSA) is 88.9 Å². The second-order valence-electron chi connectivity index (χ2n) is 4.62. The van der Waals surface area contributed by atoms with Gasteiger partial charge in [0.2, 0.25) is 5.91 Å². The molecule has 110 valence electrons. The van der Waals surface area contributed by atoms with E-state index in [0.717, 1.165) is 11.3 Å². The quantitative estimate of drug-likeness (QED) is 0.781. The molecule has 0 aliphatic carbocycles. The number of carbonyl (C=O) groups is 2. The predicted octanol–water partition coefficient (Wildman–Crippen LogP) is 0.442. The fourth-order valence-corrected chi connectivity index (χ4v) is 1.70. The Morgan fingerprint density at radius 1 is 1.14 bits per heavy atom. The molecule has 0 aliphatic heterocycles. The van der Waals surface area contributed by atoms with Crippen LogP contribution in [0.1, 0.15) is 23.0 Å². The summed E-state index contributed by atoms with van der Waals surface area (Å²) < 4.78 is 1.54. The van der Waals surface area contributed by atoms with Crippen molar-refractivity contribution in [3.05, 3.63) is 41.7 Å². The van der Waals surface area contributed by atoms with Gasteiger partial charge in [0.1, 0.15) is 0 Å². The molecule has 0 saturated heterocycles. The van der Waals surface area contributed by atoms with Crippen LogP contribution in [0.5, 0.6) is 0 Å². The average molecular weight is 287 g/mol. The van der Waals surface area contributed by atoms with Crippen LogP contribution in [0.2, 0.25) is 0 Å². The summed E-state index contributed by atoms with van der Waals surface area (Å²) in [4.78, 5) is 22.5. The molecule has 0 saturated carbocycles. The third-order valence-electron chi connectivity index (χ3n) is 2.81. The highest BCUT2D eigenvalue weighted by Gasteiger charge is 2.10. The van der Waals surface area contributed by atoms with E-state index < -0.39 is 0 Å². The number of amides is 2. The minimum absolute atomic E-state index is 0.130. The van der Waals surface area contributed by atoms with Crippen LogP contribution in [0.15, 0.2) is 30.5 Å². The molecule has 1 aromatic carbocycles. The molecule has 21 heavy (non-hydrogen) atoms. The first kappa shape index (κ1) is 14.7. The van der Waals surface area contributed by atoms with Gasteiger partial charge in [0.05, 0.1) is 11.9 Å². The largest absolute Gasteiger partial charge is 0.355 e. The summed E-state index contributed by atoms with van der Waals surface area (Å²) in [5.41, 5.74) is 2.22. The first-order valence-electron chi connectivity index (χ1n) is 6.58. The molecule has 7 heteroatoms. The molecule has 2 amide bonds. The number of rotatable bonds is 5. The highest BCUT2D eigenvalue weighted by Crippen LogP contribution is 2.08. The van der Waals surface area contributed by atoms with Crippen molar-refractivity contribution >= 4 is 11.8 Å². The van der Waals surface area contributed by atoms with Gasteiger partial charge >= 0.3 is 0 Å². The number of aromatic nitrogens is 3. The van der Waals surface area contributed by atoms with E-state index in [1.165, 1.54) is 6.92 Å². The molecular formula is C14H17N5O2. The zero-order chi connectivity index (χ0) is 15.2. The highest BCUT2D eigenvalue weighted by molar-refractivity contribution is 5.91. The minimum Gasteiger partial charge on any atom is -0.355 e. The Morgan fingerprint density at radius 3 is 2.48 bits per heavy atom. The predicted molar refractivity (Wildman–Crippen MR) is 77.1 cm³/mol. The van der Waals surface area contributed by atoms with Gasteiger partial charge in [0.25, 0.3) is 5.91 Å². The van der Waals surface area contributed by atoms with Crippen molar-refractivity contribution in [1.29, 1.82) is 0 Å². The third kappa shape index (κ3) is 4.13. The smallest absolute Gasteiger partial charge is 0.273 e. The number of hydrogen-bond acceptors (Lipinski definition) is 4. The molecule has 0 radical (unpaired) electrons. The van der Waals surface area contributed by atoms with Gasteiger partial charge in [-0.15, -0.1) is 5.10 Å². The van der Waals surface area contributed by atoms with E-state index in [4.69, 9.17) is 0 Å². The molecule has 2 N–H and O–H groups in total. The first-order valence-corrected chi connectivity index (χ1v) is 6.58. The van der Waals surface area contributed by atoms with Crippen molar-refractivity contribution in [1.82, 2.24) is 25.6 Å². The fourth-order valence-electron chi connectivity index (χ4n) is 1.70. The molecule has 0 bridgehead atoms. The van der Waals surface area contributed by atoms with Gasteiger partial charge in [0, 0.05) is 20.0 Å². The molecular weight excluding hydrogens is 270 g/mol. The second kappa shape index (κ2) is 6.65. The van der Waals surface area contributed by atoms with Gasteiger partial charge in [-0.3, -0.25) is 9.59 Å². The number of hydrogen-bond donors (Lipinski definition) is 2. The lowest BCUT2D eigenvalue weighted by Gasteiger charge is -2.03.